The number of benzene rings is 2. The van der Waals surface area contributed by atoms with E-state index in [0.29, 0.717) is 31.1 Å². The van der Waals surface area contributed by atoms with Gasteiger partial charge in [-0.2, -0.15) is 0 Å². The summed E-state index contributed by atoms with van der Waals surface area (Å²) < 4.78 is 5.54. The Balaban J connectivity index is 1.93. The van der Waals surface area contributed by atoms with Crippen LogP contribution in [0.2, 0.25) is 0 Å². The molecule has 0 radical (unpaired) electrons. The average Bonchev–Trinajstić information content (AvgIpc) is 3.13. The van der Waals surface area contributed by atoms with Crippen molar-refractivity contribution in [3.05, 3.63) is 77.3 Å². The van der Waals surface area contributed by atoms with Crippen molar-refractivity contribution in [2.24, 2.45) is 0 Å². The van der Waals surface area contributed by atoms with Crippen LogP contribution in [0.25, 0.3) is 0 Å². The number of carbonyl (C=O) groups excluding carboxylic acids is 1. The monoisotopic (exact) mass is 410 g/mol. The summed E-state index contributed by atoms with van der Waals surface area (Å²) in [6.07, 6.45) is 0.262. The zero-order valence-electron chi connectivity index (χ0n) is 17.8. The van der Waals surface area contributed by atoms with Crippen LogP contribution in [0.3, 0.4) is 0 Å². The highest BCUT2D eigenvalue weighted by atomic mass is 16.5. The van der Waals surface area contributed by atoms with E-state index in [4.69, 9.17) is 9.84 Å². The Bertz CT molecular complexity index is 866. The number of hydrogen-bond donors (Lipinski definition) is 3. The van der Waals surface area contributed by atoms with Crippen molar-refractivity contribution < 1.29 is 14.6 Å². The van der Waals surface area contributed by atoms with E-state index in [-0.39, 0.29) is 18.7 Å². The molecule has 7 heteroatoms. The summed E-state index contributed by atoms with van der Waals surface area (Å²) in [4.78, 5) is 17.1. The van der Waals surface area contributed by atoms with Gasteiger partial charge in [-0.25, -0.2) is 0 Å². The molecule has 1 atom stereocenters. The Morgan fingerprint density at radius 1 is 1.17 bits per heavy atom. The van der Waals surface area contributed by atoms with Crippen molar-refractivity contribution in [2.75, 3.05) is 39.3 Å². The minimum atomic E-state index is -0.241. The lowest BCUT2D eigenvalue weighted by atomic mass is 10.1. The van der Waals surface area contributed by atoms with Gasteiger partial charge in [0.2, 0.25) is 5.88 Å². The summed E-state index contributed by atoms with van der Waals surface area (Å²) in [6, 6.07) is 18.3. The summed E-state index contributed by atoms with van der Waals surface area (Å²) >= 11 is 0. The fourth-order valence-corrected chi connectivity index (χ4v) is 3.45. The van der Waals surface area contributed by atoms with Gasteiger partial charge >= 0.3 is 0 Å². The van der Waals surface area contributed by atoms with E-state index in [9.17, 15) is 4.79 Å². The highest BCUT2D eigenvalue weighted by molar-refractivity contribution is 5.93. The standard InChI is InChI=1S/C23H30N4O3/c1-26(2)19-12-10-18(11-13-19)21-25-23(30-3)20(22(29)24-14-7-15-28)27(21)16-17-8-5-4-6-9-17/h4-6,8-13,21,25,28H,7,14-16H2,1-3H3,(H,24,29). The smallest absolute Gasteiger partial charge is 0.273 e. The molecular formula is C23H30N4O3. The highest BCUT2D eigenvalue weighted by Gasteiger charge is 2.37. The molecule has 0 fully saturated rings. The topological polar surface area (TPSA) is 77.1 Å². The van der Waals surface area contributed by atoms with Gasteiger partial charge in [-0.05, 0) is 29.7 Å². The lowest BCUT2D eigenvalue weighted by Crippen LogP contribution is -2.36. The first-order chi connectivity index (χ1) is 14.5. The van der Waals surface area contributed by atoms with Crippen molar-refractivity contribution in [2.45, 2.75) is 19.1 Å². The second-order valence-electron chi connectivity index (χ2n) is 7.36. The van der Waals surface area contributed by atoms with Crippen LogP contribution in [0.5, 0.6) is 0 Å². The van der Waals surface area contributed by atoms with Crippen molar-refractivity contribution in [1.29, 1.82) is 0 Å². The van der Waals surface area contributed by atoms with Crippen molar-refractivity contribution in [3.8, 4) is 0 Å². The van der Waals surface area contributed by atoms with E-state index in [1.165, 1.54) is 0 Å². The molecule has 3 rings (SSSR count). The molecule has 1 aliphatic heterocycles. The molecule has 1 amide bonds. The van der Waals surface area contributed by atoms with E-state index in [1.54, 1.807) is 7.11 Å². The number of anilines is 1. The van der Waals surface area contributed by atoms with E-state index >= 15 is 0 Å². The minimum absolute atomic E-state index is 0.0310. The van der Waals surface area contributed by atoms with Gasteiger partial charge in [-0.3, -0.25) is 4.79 Å². The summed E-state index contributed by atoms with van der Waals surface area (Å²) in [5.74, 6) is 0.213. The van der Waals surface area contributed by atoms with E-state index in [0.717, 1.165) is 16.8 Å². The zero-order valence-corrected chi connectivity index (χ0v) is 17.8. The Kier molecular flexibility index (Phi) is 7.19. The summed E-state index contributed by atoms with van der Waals surface area (Å²) in [6.45, 7) is 0.976. The first-order valence-electron chi connectivity index (χ1n) is 10.1. The lowest BCUT2D eigenvalue weighted by molar-refractivity contribution is -0.119. The van der Waals surface area contributed by atoms with Crippen LogP contribution in [-0.2, 0) is 16.1 Å². The Labute approximate surface area is 177 Å². The molecule has 0 bridgehead atoms. The Morgan fingerprint density at radius 2 is 1.87 bits per heavy atom. The summed E-state index contributed by atoms with van der Waals surface area (Å²) in [7, 11) is 5.56. The third kappa shape index (κ3) is 4.86. The molecule has 1 aliphatic rings. The molecule has 3 N–H and O–H groups in total. The molecule has 30 heavy (non-hydrogen) atoms. The van der Waals surface area contributed by atoms with Gasteiger partial charge in [-0.1, -0.05) is 42.5 Å². The first-order valence-corrected chi connectivity index (χ1v) is 10.1. The van der Waals surface area contributed by atoms with Crippen LogP contribution in [0.15, 0.2) is 66.2 Å². The zero-order chi connectivity index (χ0) is 21.5. The fraction of sp³-hybridized carbons (Fsp3) is 0.348. The van der Waals surface area contributed by atoms with Gasteiger partial charge in [-0.15, -0.1) is 0 Å². The van der Waals surface area contributed by atoms with Gasteiger partial charge in [0.1, 0.15) is 6.17 Å². The quantitative estimate of drug-likeness (QED) is 0.550. The molecule has 1 heterocycles. The minimum Gasteiger partial charge on any atom is -0.481 e. The summed E-state index contributed by atoms with van der Waals surface area (Å²) in [5, 5.41) is 15.3. The van der Waals surface area contributed by atoms with Gasteiger partial charge in [0.15, 0.2) is 5.70 Å². The number of methoxy groups -OCH3 is 1. The van der Waals surface area contributed by atoms with Crippen LogP contribution in [0.4, 0.5) is 5.69 Å². The molecule has 160 valence electrons. The predicted octanol–water partition coefficient (Wildman–Crippen LogP) is 2.17. The number of hydrogen-bond acceptors (Lipinski definition) is 6. The van der Waals surface area contributed by atoms with Gasteiger partial charge < -0.3 is 30.3 Å². The molecule has 0 aromatic heterocycles. The molecular weight excluding hydrogens is 380 g/mol. The maximum atomic E-state index is 13.0. The third-order valence-electron chi connectivity index (χ3n) is 5.04. The van der Waals surface area contributed by atoms with Gasteiger partial charge in [0.25, 0.3) is 5.91 Å². The molecule has 1 unspecified atom stereocenters. The third-order valence-corrected chi connectivity index (χ3v) is 5.04. The van der Waals surface area contributed by atoms with Crippen molar-refractivity contribution in [1.82, 2.24) is 15.5 Å². The maximum absolute atomic E-state index is 13.0. The molecule has 2 aromatic carbocycles. The van der Waals surface area contributed by atoms with Gasteiger partial charge in [0.05, 0.1) is 7.11 Å². The van der Waals surface area contributed by atoms with Crippen LogP contribution in [-0.4, -0.2) is 50.3 Å². The Hall–Kier alpha value is -3.19. The molecule has 0 saturated heterocycles. The lowest BCUT2D eigenvalue weighted by Gasteiger charge is -2.29. The number of nitrogens with one attached hydrogen (secondary N) is 2. The number of aliphatic hydroxyl groups is 1. The van der Waals surface area contributed by atoms with Crippen LogP contribution >= 0.6 is 0 Å². The maximum Gasteiger partial charge on any atom is 0.273 e. The van der Waals surface area contributed by atoms with Crippen LogP contribution in [0, 0.1) is 0 Å². The average molecular weight is 411 g/mol. The van der Waals surface area contributed by atoms with Gasteiger partial charge in [0, 0.05) is 39.5 Å². The second kappa shape index (κ2) is 10.0. The molecule has 0 spiro atoms. The first kappa shape index (κ1) is 21.5. The van der Waals surface area contributed by atoms with Crippen LogP contribution < -0.4 is 15.5 Å². The fourth-order valence-electron chi connectivity index (χ4n) is 3.45. The van der Waals surface area contributed by atoms with Crippen LogP contribution in [0.1, 0.15) is 23.7 Å². The molecule has 7 nitrogen and oxygen atoms in total. The number of amides is 1. The molecule has 2 aromatic rings. The van der Waals surface area contributed by atoms with E-state index in [1.807, 2.05) is 54.2 Å². The highest BCUT2D eigenvalue weighted by Crippen LogP contribution is 2.33. The second-order valence-corrected chi connectivity index (χ2v) is 7.36. The normalized spacial score (nSPS) is 15.7. The number of ether oxygens (including phenoxy) is 1. The SMILES string of the molecule is COC1=C(C(=O)NCCCO)N(Cc2ccccc2)C(c2ccc(N(C)C)cc2)N1. The number of carbonyl (C=O) groups is 1. The Morgan fingerprint density at radius 3 is 2.47 bits per heavy atom. The van der Waals surface area contributed by atoms with Crippen molar-refractivity contribution >= 4 is 11.6 Å². The summed E-state index contributed by atoms with van der Waals surface area (Å²) in [5.41, 5.74) is 3.69. The molecule has 0 aliphatic carbocycles. The predicted molar refractivity (Wildman–Crippen MR) is 117 cm³/mol. The molecule has 0 saturated carbocycles. The number of nitrogens with zero attached hydrogens (tertiary/aromatic N) is 2. The largest absolute Gasteiger partial charge is 0.481 e. The van der Waals surface area contributed by atoms with E-state index < -0.39 is 0 Å². The van der Waals surface area contributed by atoms with E-state index in [2.05, 4.69) is 34.9 Å². The number of rotatable bonds is 9. The number of aliphatic hydroxyl groups excluding tert-OH is 1. The van der Waals surface area contributed by atoms with Crippen molar-refractivity contribution in [3.63, 3.8) is 0 Å².